The molecule has 0 N–H and O–H groups in total. The zero-order chi connectivity index (χ0) is 14.5. The summed E-state index contributed by atoms with van der Waals surface area (Å²) in [6.07, 6.45) is 1.79. The largest absolute Gasteiger partial charge is 0.453 e. The van der Waals surface area contributed by atoms with Gasteiger partial charge in [-0.15, -0.1) is 0 Å². The first kappa shape index (κ1) is 11.9. The molecule has 5 rings (SSSR count). The van der Waals surface area contributed by atoms with Crippen molar-refractivity contribution < 1.29 is 9.47 Å². The van der Waals surface area contributed by atoms with Gasteiger partial charge in [0.1, 0.15) is 11.5 Å². The van der Waals surface area contributed by atoms with E-state index in [4.69, 9.17) is 9.47 Å². The summed E-state index contributed by atoms with van der Waals surface area (Å²) in [5.41, 5.74) is 4.84. The monoisotopic (exact) mass is 286 g/mol. The van der Waals surface area contributed by atoms with Crippen molar-refractivity contribution in [3.63, 3.8) is 0 Å². The molecule has 2 heteroatoms. The zero-order valence-corrected chi connectivity index (χ0v) is 12.0. The molecule has 0 fully saturated rings. The molecular formula is C20H14O2. The van der Waals surface area contributed by atoms with E-state index in [2.05, 4.69) is 36.4 Å². The van der Waals surface area contributed by atoms with Crippen LogP contribution in [0, 0.1) is 0 Å². The molecule has 2 aliphatic rings. The van der Waals surface area contributed by atoms with Crippen LogP contribution in [-0.4, -0.2) is 0 Å². The van der Waals surface area contributed by atoms with Crippen molar-refractivity contribution in [2.45, 2.75) is 12.8 Å². The van der Waals surface area contributed by atoms with E-state index in [1.165, 1.54) is 22.3 Å². The summed E-state index contributed by atoms with van der Waals surface area (Å²) in [5, 5.41) is 0. The van der Waals surface area contributed by atoms with E-state index < -0.39 is 0 Å². The molecule has 0 unspecified atom stereocenters. The Morgan fingerprint density at radius 1 is 0.500 bits per heavy atom. The average Bonchev–Trinajstić information content (AvgIpc) is 2.58. The van der Waals surface area contributed by atoms with Gasteiger partial charge in [-0.2, -0.15) is 0 Å². The Hall–Kier alpha value is -2.74. The average molecular weight is 286 g/mol. The Balaban J connectivity index is 1.64. The van der Waals surface area contributed by atoms with Crippen LogP contribution in [0.25, 0.3) is 0 Å². The number of hydrogen-bond acceptors (Lipinski definition) is 2. The van der Waals surface area contributed by atoms with E-state index in [1.54, 1.807) is 0 Å². The molecule has 0 spiro atoms. The highest BCUT2D eigenvalue weighted by Gasteiger charge is 2.26. The molecule has 2 heterocycles. The number of ether oxygens (including phenoxy) is 2. The number of rotatable bonds is 0. The molecule has 0 amide bonds. The maximum absolute atomic E-state index is 6.17. The summed E-state index contributed by atoms with van der Waals surface area (Å²) in [5.74, 6) is 3.63. The van der Waals surface area contributed by atoms with Crippen molar-refractivity contribution in [2.24, 2.45) is 0 Å². The van der Waals surface area contributed by atoms with Crippen LogP contribution < -0.4 is 9.47 Å². The standard InChI is InChI=1S/C20H14O2/c1-3-7-17-13(5-1)11-15-9-10-16-12-14-6-2-4-8-18(14)22-20(16)19(15)21-17/h1-10H,11-12H2. The summed E-state index contributed by atoms with van der Waals surface area (Å²) in [6.45, 7) is 0. The second-order valence-electron chi connectivity index (χ2n) is 5.82. The van der Waals surface area contributed by atoms with Crippen molar-refractivity contribution in [1.82, 2.24) is 0 Å². The fourth-order valence-electron chi connectivity index (χ4n) is 3.28. The van der Waals surface area contributed by atoms with Gasteiger partial charge in [-0.1, -0.05) is 48.5 Å². The maximum Gasteiger partial charge on any atom is 0.173 e. The lowest BCUT2D eigenvalue weighted by Gasteiger charge is -2.27. The third-order valence-electron chi connectivity index (χ3n) is 4.41. The first-order valence-corrected chi connectivity index (χ1v) is 7.55. The minimum atomic E-state index is 0.880. The second kappa shape index (κ2) is 4.38. The van der Waals surface area contributed by atoms with Crippen LogP contribution in [0.5, 0.6) is 23.0 Å². The van der Waals surface area contributed by atoms with Crippen LogP contribution in [0.4, 0.5) is 0 Å². The van der Waals surface area contributed by atoms with Gasteiger partial charge in [0.25, 0.3) is 0 Å². The van der Waals surface area contributed by atoms with Crippen molar-refractivity contribution in [2.75, 3.05) is 0 Å². The quantitative estimate of drug-likeness (QED) is 0.395. The lowest BCUT2D eigenvalue weighted by molar-refractivity contribution is 0.395. The fourth-order valence-corrected chi connectivity index (χ4v) is 3.28. The summed E-state index contributed by atoms with van der Waals surface area (Å²) in [4.78, 5) is 0. The molecule has 0 saturated heterocycles. The van der Waals surface area contributed by atoms with Gasteiger partial charge in [-0.05, 0) is 23.3 Å². The Morgan fingerprint density at radius 3 is 1.45 bits per heavy atom. The van der Waals surface area contributed by atoms with Crippen LogP contribution in [0.2, 0.25) is 0 Å². The normalized spacial score (nSPS) is 13.8. The number of benzene rings is 3. The summed E-state index contributed by atoms with van der Waals surface area (Å²) in [6, 6.07) is 20.7. The topological polar surface area (TPSA) is 18.5 Å². The molecule has 3 aromatic rings. The van der Waals surface area contributed by atoms with Gasteiger partial charge in [0, 0.05) is 24.0 Å². The Bertz CT molecular complexity index is 821. The van der Waals surface area contributed by atoms with Gasteiger partial charge in [-0.3, -0.25) is 0 Å². The van der Waals surface area contributed by atoms with Gasteiger partial charge in [0.2, 0.25) is 0 Å². The van der Waals surface area contributed by atoms with E-state index in [9.17, 15) is 0 Å². The molecule has 2 nitrogen and oxygen atoms in total. The van der Waals surface area contributed by atoms with E-state index in [0.29, 0.717) is 0 Å². The first-order chi connectivity index (χ1) is 10.9. The van der Waals surface area contributed by atoms with E-state index in [-0.39, 0.29) is 0 Å². The SMILES string of the molecule is c1ccc2c(c1)Cc1ccc3c(c1O2)Oc1ccccc1C3. The van der Waals surface area contributed by atoms with Gasteiger partial charge >= 0.3 is 0 Å². The van der Waals surface area contributed by atoms with Crippen LogP contribution in [0.1, 0.15) is 22.3 Å². The maximum atomic E-state index is 6.17. The predicted octanol–water partition coefficient (Wildman–Crippen LogP) is 5.08. The van der Waals surface area contributed by atoms with Crippen molar-refractivity contribution in [3.05, 3.63) is 82.9 Å². The van der Waals surface area contributed by atoms with Crippen LogP contribution in [-0.2, 0) is 12.8 Å². The number of fused-ring (bicyclic) bond motifs is 5. The van der Waals surface area contributed by atoms with Crippen molar-refractivity contribution in [3.8, 4) is 23.0 Å². The van der Waals surface area contributed by atoms with E-state index >= 15 is 0 Å². The van der Waals surface area contributed by atoms with Gasteiger partial charge < -0.3 is 9.47 Å². The third kappa shape index (κ3) is 1.67. The Kier molecular flexibility index (Phi) is 2.36. The summed E-state index contributed by atoms with van der Waals surface area (Å²) in [7, 11) is 0. The molecule has 2 aliphatic heterocycles. The van der Waals surface area contributed by atoms with Crippen LogP contribution in [0.15, 0.2) is 60.7 Å². The van der Waals surface area contributed by atoms with Crippen LogP contribution in [0.3, 0.4) is 0 Å². The minimum absolute atomic E-state index is 0.880. The number of hydrogen-bond donors (Lipinski definition) is 0. The lowest BCUT2D eigenvalue weighted by atomic mass is 9.94. The summed E-state index contributed by atoms with van der Waals surface area (Å²) < 4.78 is 12.3. The smallest absolute Gasteiger partial charge is 0.173 e. The van der Waals surface area contributed by atoms with Crippen molar-refractivity contribution in [1.29, 1.82) is 0 Å². The molecule has 22 heavy (non-hydrogen) atoms. The fraction of sp³-hybridized carbons (Fsp3) is 0.100. The molecule has 0 atom stereocenters. The highest BCUT2D eigenvalue weighted by atomic mass is 16.5. The third-order valence-corrected chi connectivity index (χ3v) is 4.41. The van der Waals surface area contributed by atoms with Crippen molar-refractivity contribution >= 4 is 0 Å². The first-order valence-electron chi connectivity index (χ1n) is 7.55. The molecule has 0 aliphatic carbocycles. The van der Waals surface area contributed by atoms with Gasteiger partial charge in [-0.25, -0.2) is 0 Å². The lowest BCUT2D eigenvalue weighted by Crippen LogP contribution is -2.09. The predicted molar refractivity (Wildman–Crippen MR) is 85.1 cm³/mol. The minimum Gasteiger partial charge on any atom is -0.453 e. The molecular weight excluding hydrogens is 272 g/mol. The highest BCUT2D eigenvalue weighted by molar-refractivity contribution is 5.62. The van der Waals surface area contributed by atoms with Gasteiger partial charge in [0.05, 0.1) is 0 Å². The van der Waals surface area contributed by atoms with E-state index in [1.807, 2.05) is 24.3 Å². The molecule has 0 radical (unpaired) electrons. The zero-order valence-electron chi connectivity index (χ0n) is 12.0. The van der Waals surface area contributed by atoms with Gasteiger partial charge in [0.15, 0.2) is 11.5 Å². The molecule has 0 saturated carbocycles. The molecule has 106 valence electrons. The van der Waals surface area contributed by atoms with E-state index in [0.717, 1.165) is 35.8 Å². The Morgan fingerprint density at radius 2 is 0.955 bits per heavy atom. The summed E-state index contributed by atoms with van der Waals surface area (Å²) >= 11 is 0. The number of para-hydroxylation sites is 2. The molecule has 0 aromatic heterocycles. The Labute approximate surface area is 128 Å². The molecule has 0 bridgehead atoms. The highest BCUT2D eigenvalue weighted by Crippen LogP contribution is 2.48. The molecule has 3 aromatic carbocycles. The van der Waals surface area contributed by atoms with Crippen LogP contribution >= 0.6 is 0 Å². The second-order valence-corrected chi connectivity index (χ2v) is 5.82.